The van der Waals surface area contributed by atoms with Gasteiger partial charge < -0.3 is 19.2 Å². The summed E-state index contributed by atoms with van der Waals surface area (Å²) in [7, 11) is 0. The van der Waals surface area contributed by atoms with Gasteiger partial charge in [0.15, 0.2) is 5.76 Å². The second-order valence-corrected chi connectivity index (χ2v) is 5.84. The van der Waals surface area contributed by atoms with Crippen LogP contribution in [0, 0.1) is 0 Å². The molecule has 0 aliphatic carbocycles. The van der Waals surface area contributed by atoms with Gasteiger partial charge in [-0.1, -0.05) is 0 Å². The highest BCUT2D eigenvalue weighted by Crippen LogP contribution is 2.19. The number of furan rings is 1. The Morgan fingerprint density at radius 2 is 1.93 bits per heavy atom. The molecule has 0 aliphatic heterocycles. The smallest absolute Gasteiger partial charge is 0.286 e. The third-order valence-electron chi connectivity index (χ3n) is 3.81. The van der Waals surface area contributed by atoms with E-state index in [0.29, 0.717) is 24.7 Å². The summed E-state index contributed by atoms with van der Waals surface area (Å²) in [5.74, 6) is 2.14. The zero-order valence-corrected chi connectivity index (χ0v) is 15.3. The highest BCUT2D eigenvalue weighted by Gasteiger charge is 2.11. The number of aromatic nitrogens is 2. The predicted octanol–water partition coefficient (Wildman–Crippen LogP) is 3.27. The first-order chi connectivity index (χ1) is 13.2. The monoisotopic (exact) mass is 369 g/mol. The van der Waals surface area contributed by atoms with Crippen molar-refractivity contribution in [2.24, 2.45) is 0 Å². The molecule has 1 aromatic carbocycles. The first-order valence-corrected chi connectivity index (χ1v) is 8.94. The van der Waals surface area contributed by atoms with Crippen LogP contribution in [0.3, 0.4) is 0 Å². The first kappa shape index (κ1) is 18.6. The second-order valence-electron chi connectivity index (χ2n) is 5.84. The highest BCUT2D eigenvalue weighted by molar-refractivity contribution is 5.91. The summed E-state index contributed by atoms with van der Waals surface area (Å²) in [5.41, 5.74) is 0. The van der Waals surface area contributed by atoms with E-state index in [1.54, 1.807) is 18.3 Å². The topological polar surface area (TPSA) is 78.5 Å². The lowest BCUT2D eigenvalue weighted by atomic mass is 10.3. The van der Waals surface area contributed by atoms with Gasteiger partial charge in [0.2, 0.25) is 0 Å². The van der Waals surface area contributed by atoms with Crippen LogP contribution in [0.1, 0.15) is 29.7 Å². The number of hydrogen-bond acceptors (Lipinski definition) is 5. The van der Waals surface area contributed by atoms with Gasteiger partial charge in [-0.3, -0.25) is 9.48 Å². The lowest BCUT2D eigenvalue weighted by molar-refractivity contribution is 0.0920. The van der Waals surface area contributed by atoms with E-state index in [1.807, 2.05) is 48.1 Å². The molecular formula is C20H23N3O4. The number of ether oxygens (including phenoxy) is 2. The molecule has 2 heterocycles. The fraction of sp³-hybridized carbons (Fsp3) is 0.300. The SMILES string of the molecule is CCOc1ccc(OCc2ccc(C(=O)NCCCn3cccn3)o2)cc1. The molecule has 3 rings (SSSR count). The maximum atomic E-state index is 12.1. The molecule has 0 bridgehead atoms. The van der Waals surface area contributed by atoms with Crippen molar-refractivity contribution in [2.45, 2.75) is 26.5 Å². The van der Waals surface area contributed by atoms with Gasteiger partial charge in [-0.15, -0.1) is 0 Å². The van der Waals surface area contributed by atoms with Crippen molar-refractivity contribution in [1.29, 1.82) is 0 Å². The van der Waals surface area contributed by atoms with Gasteiger partial charge in [0.05, 0.1) is 6.61 Å². The Morgan fingerprint density at radius 3 is 2.63 bits per heavy atom. The zero-order chi connectivity index (χ0) is 18.9. The Kier molecular flexibility index (Phi) is 6.51. The minimum absolute atomic E-state index is 0.234. The van der Waals surface area contributed by atoms with Crippen LogP contribution in [0.5, 0.6) is 11.5 Å². The molecule has 0 atom stereocenters. The van der Waals surface area contributed by atoms with Crippen molar-refractivity contribution in [3.8, 4) is 11.5 Å². The van der Waals surface area contributed by atoms with Crippen LogP contribution >= 0.6 is 0 Å². The normalized spacial score (nSPS) is 10.6. The molecule has 3 aromatic rings. The molecule has 1 amide bonds. The largest absolute Gasteiger partial charge is 0.494 e. The summed E-state index contributed by atoms with van der Waals surface area (Å²) in [6.45, 7) is 4.12. The van der Waals surface area contributed by atoms with Crippen LogP contribution < -0.4 is 14.8 Å². The van der Waals surface area contributed by atoms with Crippen molar-refractivity contribution in [3.63, 3.8) is 0 Å². The Hall–Kier alpha value is -3.22. The summed E-state index contributed by atoms with van der Waals surface area (Å²) in [6, 6.07) is 12.6. The van der Waals surface area contributed by atoms with E-state index < -0.39 is 0 Å². The lowest BCUT2D eigenvalue weighted by Crippen LogP contribution is -2.24. The van der Waals surface area contributed by atoms with Gasteiger partial charge in [-0.05, 0) is 55.8 Å². The summed E-state index contributed by atoms with van der Waals surface area (Å²) in [5, 5.41) is 6.96. The number of hydrogen-bond donors (Lipinski definition) is 1. The molecule has 0 saturated carbocycles. The number of nitrogens with zero attached hydrogens (tertiary/aromatic N) is 2. The Morgan fingerprint density at radius 1 is 1.15 bits per heavy atom. The number of amides is 1. The summed E-state index contributed by atoms with van der Waals surface area (Å²) >= 11 is 0. The van der Waals surface area contributed by atoms with Crippen molar-refractivity contribution in [1.82, 2.24) is 15.1 Å². The zero-order valence-electron chi connectivity index (χ0n) is 15.3. The molecular weight excluding hydrogens is 346 g/mol. The number of aryl methyl sites for hydroxylation is 1. The molecule has 0 saturated heterocycles. The summed E-state index contributed by atoms with van der Waals surface area (Å²) in [6.07, 6.45) is 4.42. The molecule has 0 spiro atoms. The number of nitrogens with one attached hydrogen (secondary N) is 1. The maximum Gasteiger partial charge on any atom is 0.286 e. The van der Waals surface area contributed by atoms with Crippen LogP contribution in [0.2, 0.25) is 0 Å². The molecule has 7 heteroatoms. The molecule has 142 valence electrons. The van der Waals surface area contributed by atoms with Gasteiger partial charge in [0, 0.05) is 25.5 Å². The fourth-order valence-corrected chi connectivity index (χ4v) is 2.49. The number of benzene rings is 1. The average Bonchev–Trinajstić information content (AvgIpc) is 3.37. The van der Waals surface area contributed by atoms with Crippen LogP contribution in [-0.4, -0.2) is 28.8 Å². The predicted molar refractivity (Wildman–Crippen MR) is 99.8 cm³/mol. The average molecular weight is 369 g/mol. The Balaban J connectivity index is 1.41. The minimum Gasteiger partial charge on any atom is -0.494 e. The van der Waals surface area contributed by atoms with E-state index in [1.165, 1.54) is 0 Å². The van der Waals surface area contributed by atoms with E-state index in [2.05, 4.69) is 10.4 Å². The van der Waals surface area contributed by atoms with Crippen molar-refractivity contribution < 1.29 is 18.7 Å². The standard InChI is InChI=1S/C20H23N3O4/c1-2-25-16-5-7-17(8-6-16)26-15-18-9-10-19(27-18)20(24)21-11-3-13-23-14-4-12-22-23/h4-10,12,14H,2-3,11,13,15H2,1H3,(H,21,24). The lowest BCUT2D eigenvalue weighted by Gasteiger charge is -2.06. The highest BCUT2D eigenvalue weighted by atomic mass is 16.5. The molecule has 2 aromatic heterocycles. The fourth-order valence-electron chi connectivity index (χ4n) is 2.49. The summed E-state index contributed by atoms with van der Waals surface area (Å²) < 4.78 is 18.4. The van der Waals surface area contributed by atoms with E-state index in [-0.39, 0.29) is 18.3 Å². The summed E-state index contributed by atoms with van der Waals surface area (Å²) in [4.78, 5) is 12.1. The van der Waals surface area contributed by atoms with Crippen LogP contribution in [0.15, 0.2) is 59.3 Å². The molecule has 0 radical (unpaired) electrons. The Labute approximate surface area is 157 Å². The quantitative estimate of drug-likeness (QED) is 0.555. The van der Waals surface area contributed by atoms with E-state index in [0.717, 1.165) is 18.7 Å². The van der Waals surface area contributed by atoms with Crippen molar-refractivity contribution >= 4 is 5.91 Å². The molecule has 27 heavy (non-hydrogen) atoms. The minimum atomic E-state index is -0.234. The number of rotatable bonds is 10. The molecule has 0 fully saturated rings. The third-order valence-corrected chi connectivity index (χ3v) is 3.81. The number of carbonyl (C=O) groups is 1. The molecule has 1 N–H and O–H groups in total. The maximum absolute atomic E-state index is 12.1. The molecule has 7 nitrogen and oxygen atoms in total. The molecule has 0 aliphatic rings. The van der Waals surface area contributed by atoms with Crippen LogP contribution in [-0.2, 0) is 13.2 Å². The number of carbonyl (C=O) groups excluding carboxylic acids is 1. The van der Waals surface area contributed by atoms with Gasteiger partial charge in [0.1, 0.15) is 23.9 Å². The van der Waals surface area contributed by atoms with Gasteiger partial charge in [-0.25, -0.2) is 0 Å². The van der Waals surface area contributed by atoms with Crippen molar-refractivity contribution in [2.75, 3.05) is 13.2 Å². The van der Waals surface area contributed by atoms with Gasteiger partial charge in [0.25, 0.3) is 5.91 Å². The third kappa shape index (κ3) is 5.64. The van der Waals surface area contributed by atoms with Crippen molar-refractivity contribution in [3.05, 3.63) is 66.4 Å². The van der Waals surface area contributed by atoms with E-state index in [4.69, 9.17) is 13.9 Å². The first-order valence-electron chi connectivity index (χ1n) is 8.94. The Bertz CT molecular complexity index is 825. The van der Waals surface area contributed by atoms with E-state index in [9.17, 15) is 4.79 Å². The van der Waals surface area contributed by atoms with Gasteiger partial charge in [-0.2, -0.15) is 5.10 Å². The van der Waals surface area contributed by atoms with Crippen LogP contribution in [0.4, 0.5) is 0 Å². The van der Waals surface area contributed by atoms with Gasteiger partial charge >= 0.3 is 0 Å². The second kappa shape index (κ2) is 9.47. The van der Waals surface area contributed by atoms with Crippen LogP contribution in [0.25, 0.3) is 0 Å². The molecule has 0 unspecified atom stereocenters. The van der Waals surface area contributed by atoms with E-state index >= 15 is 0 Å².